The van der Waals surface area contributed by atoms with Crippen molar-refractivity contribution >= 4 is 0 Å². The second kappa shape index (κ2) is 8.03. The molecule has 104 valence electrons. The van der Waals surface area contributed by atoms with E-state index in [-0.39, 0.29) is 0 Å². The van der Waals surface area contributed by atoms with Crippen molar-refractivity contribution < 1.29 is 0 Å². The molecule has 0 aromatic carbocycles. The third-order valence-electron chi connectivity index (χ3n) is 3.33. The van der Waals surface area contributed by atoms with Gasteiger partial charge in [0.25, 0.3) is 0 Å². The van der Waals surface area contributed by atoms with Gasteiger partial charge in [0.15, 0.2) is 0 Å². The van der Waals surface area contributed by atoms with Gasteiger partial charge in [-0.1, -0.05) is 19.8 Å². The SMILES string of the molecule is CCCCCN1CCN(/C(N)=C/C=C(/C)N)CC1. The number of piperazine rings is 1. The average Bonchev–Trinajstić information content (AvgIpc) is 2.37. The molecule has 4 nitrogen and oxygen atoms in total. The molecule has 0 radical (unpaired) electrons. The normalized spacial score (nSPS) is 19.3. The number of nitrogens with zero attached hydrogens (tertiary/aromatic N) is 2. The van der Waals surface area contributed by atoms with Crippen LogP contribution in [0.25, 0.3) is 0 Å². The summed E-state index contributed by atoms with van der Waals surface area (Å²) in [6, 6.07) is 0. The minimum Gasteiger partial charge on any atom is -0.402 e. The summed E-state index contributed by atoms with van der Waals surface area (Å²) in [5.41, 5.74) is 12.4. The van der Waals surface area contributed by atoms with Gasteiger partial charge in [-0.15, -0.1) is 0 Å². The molecule has 0 spiro atoms. The molecule has 1 saturated heterocycles. The summed E-state index contributed by atoms with van der Waals surface area (Å²) in [6.45, 7) is 9.62. The van der Waals surface area contributed by atoms with Gasteiger partial charge in [-0.2, -0.15) is 0 Å². The topological polar surface area (TPSA) is 58.5 Å². The lowest BCUT2D eigenvalue weighted by atomic mass is 10.2. The van der Waals surface area contributed by atoms with Crippen LogP contribution in [0.2, 0.25) is 0 Å². The van der Waals surface area contributed by atoms with E-state index in [1.54, 1.807) is 0 Å². The summed E-state index contributed by atoms with van der Waals surface area (Å²) in [7, 11) is 0. The maximum atomic E-state index is 6.03. The minimum atomic E-state index is 0.788. The predicted octanol–water partition coefficient (Wildman–Crippen LogP) is 1.46. The summed E-state index contributed by atoms with van der Waals surface area (Å²) < 4.78 is 0. The summed E-state index contributed by atoms with van der Waals surface area (Å²) in [5.74, 6) is 0.827. The van der Waals surface area contributed by atoms with Gasteiger partial charge in [-0.05, 0) is 32.0 Å². The van der Waals surface area contributed by atoms with Crippen LogP contribution in [-0.2, 0) is 0 Å². The fraction of sp³-hybridized carbons (Fsp3) is 0.714. The van der Waals surface area contributed by atoms with Gasteiger partial charge in [-0.3, -0.25) is 4.90 Å². The van der Waals surface area contributed by atoms with Crippen molar-refractivity contribution in [3.63, 3.8) is 0 Å². The predicted molar refractivity (Wildman–Crippen MR) is 77.8 cm³/mol. The van der Waals surface area contributed by atoms with Crippen molar-refractivity contribution in [2.75, 3.05) is 32.7 Å². The Labute approximate surface area is 111 Å². The first-order chi connectivity index (χ1) is 8.63. The van der Waals surface area contributed by atoms with Gasteiger partial charge < -0.3 is 16.4 Å². The van der Waals surface area contributed by atoms with Crippen LogP contribution < -0.4 is 11.5 Å². The molecule has 0 atom stereocenters. The van der Waals surface area contributed by atoms with Crippen molar-refractivity contribution in [2.45, 2.75) is 33.1 Å². The first-order valence-electron chi connectivity index (χ1n) is 7.00. The number of rotatable bonds is 6. The Morgan fingerprint density at radius 1 is 1.06 bits per heavy atom. The van der Waals surface area contributed by atoms with E-state index in [1.165, 1.54) is 25.8 Å². The third-order valence-corrected chi connectivity index (χ3v) is 3.33. The van der Waals surface area contributed by atoms with E-state index in [0.717, 1.165) is 37.7 Å². The van der Waals surface area contributed by atoms with E-state index in [0.29, 0.717) is 0 Å². The monoisotopic (exact) mass is 252 g/mol. The lowest BCUT2D eigenvalue weighted by Crippen LogP contribution is -2.47. The molecular weight excluding hydrogens is 224 g/mol. The van der Waals surface area contributed by atoms with Crippen LogP contribution in [0.4, 0.5) is 0 Å². The van der Waals surface area contributed by atoms with E-state index in [1.807, 2.05) is 19.1 Å². The molecule has 4 heteroatoms. The van der Waals surface area contributed by atoms with Gasteiger partial charge in [0.05, 0.1) is 5.82 Å². The minimum absolute atomic E-state index is 0.788. The molecule has 1 aliphatic heterocycles. The summed E-state index contributed by atoms with van der Waals surface area (Å²) >= 11 is 0. The van der Waals surface area contributed by atoms with E-state index >= 15 is 0 Å². The Morgan fingerprint density at radius 3 is 2.28 bits per heavy atom. The fourth-order valence-electron chi connectivity index (χ4n) is 2.14. The van der Waals surface area contributed by atoms with Gasteiger partial charge in [-0.25, -0.2) is 0 Å². The summed E-state index contributed by atoms with van der Waals surface area (Å²) in [5, 5.41) is 0. The van der Waals surface area contributed by atoms with E-state index in [4.69, 9.17) is 11.5 Å². The largest absolute Gasteiger partial charge is 0.402 e. The third kappa shape index (κ3) is 5.45. The Kier molecular flexibility index (Phi) is 6.65. The summed E-state index contributed by atoms with van der Waals surface area (Å²) in [4.78, 5) is 4.76. The first-order valence-corrected chi connectivity index (χ1v) is 7.00. The number of hydrogen-bond acceptors (Lipinski definition) is 4. The highest BCUT2D eigenvalue weighted by atomic mass is 15.3. The highest BCUT2D eigenvalue weighted by Crippen LogP contribution is 2.07. The molecule has 4 N–H and O–H groups in total. The van der Waals surface area contributed by atoms with Crippen LogP contribution in [0.5, 0.6) is 0 Å². The van der Waals surface area contributed by atoms with Crippen LogP contribution in [0.15, 0.2) is 23.7 Å². The second-order valence-electron chi connectivity index (χ2n) is 5.04. The average molecular weight is 252 g/mol. The van der Waals surface area contributed by atoms with Crippen LogP contribution in [0.1, 0.15) is 33.1 Å². The molecule has 1 fully saturated rings. The zero-order chi connectivity index (χ0) is 13.4. The van der Waals surface area contributed by atoms with Gasteiger partial charge in [0.1, 0.15) is 0 Å². The zero-order valence-corrected chi connectivity index (χ0v) is 11.9. The van der Waals surface area contributed by atoms with Crippen LogP contribution in [-0.4, -0.2) is 42.5 Å². The molecule has 0 aliphatic carbocycles. The van der Waals surface area contributed by atoms with Crippen molar-refractivity contribution in [3.05, 3.63) is 23.7 Å². The Bertz CT molecular complexity index is 284. The lowest BCUT2D eigenvalue weighted by Gasteiger charge is -2.36. The molecule has 0 aromatic heterocycles. The molecule has 0 unspecified atom stereocenters. The molecule has 18 heavy (non-hydrogen) atoms. The standard InChI is InChI=1S/C14H28N4/c1-3-4-5-8-17-9-11-18(12-10-17)14(16)7-6-13(2)15/h6-7H,3-5,8-12,15-16H2,1-2H3/b13-6-,14-7+. The molecule has 1 aliphatic rings. The highest BCUT2D eigenvalue weighted by Gasteiger charge is 2.16. The van der Waals surface area contributed by atoms with Gasteiger partial charge in [0.2, 0.25) is 0 Å². The molecule has 1 rings (SSSR count). The van der Waals surface area contributed by atoms with Crippen LogP contribution in [0.3, 0.4) is 0 Å². The second-order valence-corrected chi connectivity index (χ2v) is 5.04. The van der Waals surface area contributed by atoms with Crippen LogP contribution >= 0.6 is 0 Å². The maximum absolute atomic E-state index is 6.03. The molecule has 0 aromatic rings. The van der Waals surface area contributed by atoms with Gasteiger partial charge >= 0.3 is 0 Å². The van der Waals surface area contributed by atoms with Crippen molar-refractivity contribution in [3.8, 4) is 0 Å². The number of hydrogen-bond donors (Lipinski definition) is 2. The summed E-state index contributed by atoms with van der Waals surface area (Å²) in [6.07, 6.45) is 7.71. The Morgan fingerprint density at radius 2 is 1.72 bits per heavy atom. The Hall–Kier alpha value is -1.16. The Balaban J connectivity index is 2.30. The van der Waals surface area contributed by atoms with Crippen molar-refractivity contribution in [1.29, 1.82) is 0 Å². The number of unbranched alkanes of at least 4 members (excludes halogenated alkanes) is 2. The molecule has 0 bridgehead atoms. The maximum Gasteiger partial charge on any atom is 0.0987 e. The fourth-order valence-corrected chi connectivity index (χ4v) is 2.14. The van der Waals surface area contributed by atoms with E-state index < -0.39 is 0 Å². The van der Waals surface area contributed by atoms with Crippen molar-refractivity contribution in [1.82, 2.24) is 9.80 Å². The van der Waals surface area contributed by atoms with E-state index in [9.17, 15) is 0 Å². The lowest BCUT2D eigenvalue weighted by molar-refractivity contribution is 0.155. The molecule has 1 heterocycles. The quantitative estimate of drug-likeness (QED) is 0.555. The highest BCUT2D eigenvalue weighted by molar-refractivity contribution is 5.12. The van der Waals surface area contributed by atoms with Crippen LogP contribution in [0, 0.1) is 0 Å². The molecule has 0 saturated carbocycles. The first kappa shape index (κ1) is 14.9. The molecule has 0 amide bonds. The van der Waals surface area contributed by atoms with E-state index in [2.05, 4.69) is 16.7 Å². The molecular formula is C14H28N4. The van der Waals surface area contributed by atoms with Gasteiger partial charge in [0, 0.05) is 31.9 Å². The number of nitrogens with two attached hydrogens (primary N) is 2. The number of allylic oxidation sites excluding steroid dienone is 3. The van der Waals surface area contributed by atoms with Crippen molar-refractivity contribution in [2.24, 2.45) is 11.5 Å². The smallest absolute Gasteiger partial charge is 0.0987 e. The zero-order valence-electron chi connectivity index (χ0n) is 11.9.